The van der Waals surface area contributed by atoms with Crippen LogP contribution in [0.3, 0.4) is 0 Å². The van der Waals surface area contributed by atoms with Crippen LogP contribution in [0.25, 0.3) is 0 Å². The van der Waals surface area contributed by atoms with E-state index in [1.807, 2.05) is 19.1 Å². The highest BCUT2D eigenvalue weighted by molar-refractivity contribution is 9.10. The van der Waals surface area contributed by atoms with Crippen molar-refractivity contribution >= 4 is 21.8 Å². The molecule has 4 heteroatoms. The number of carbonyl (C=O) groups is 1. The zero-order valence-corrected chi connectivity index (χ0v) is 10.6. The number of carbonyl (C=O) groups excluding carboxylic acids is 1. The molecule has 1 aromatic carbocycles. The Kier molecular flexibility index (Phi) is 3.28. The van der Waals surface area contributed by atoms with Crippen LogP contribution in [0, 0.1) is 6.92 Å². The summed E-state index contributed by atoms with van der Waals surface area (Å²) in [4.78, 5) is 13.7. The third-order valence-electron chi connectivity index (χ3n) is 2.84. The minimum atomic E-state index is -0.861. The Morgan fingerprint density at radius 2 is 2.31 bits per heavy atom. The predicted molar refractivity (Wildman–Crippen MR) is 64.3 cm³/mol. The van der Waals surface area contributed by atoms with Gasteiger partial charge in [0.25, 0.3) is 5.91 Å². The number of alkyl halides is 1. The monoisotopic (exact) mass is 285 g/mol. The first-order chi connectivity index (χ1) is 7.58. The molecule has 1 amide bonds. The average Bonchev–Trinajstić information content (AvgIpc) is 2.64. The van der Waals surface area contributed by atoms with Gasteiger partial charge in [0.15, 0.2) is 0 Å². The first kappa shape index (κ1) is 11.6. The number of benzene rings is 1. The van der Waals surface area contributed by atoms with Crippen LogP contribution >= 0.6 is 15.9 Å². The SMILES string of the molecule is Cc1cc(Br)ccc1C(=O)N1CCC(F)C1. The molecule has 86 valence electrons. The minimum absolute atomic E-state index is 0.0647. The molecule has 1 aromatic rings. The fourth-order valence-corrected chi connectivity index (χ4v) is 2.42. The molecule has 0 radical (unpaired) electrons. The number of amides is 1. The molecule has 0 aromatic heterocycles. The summed E-state index contributed by atoms with van der Waals surface area (Å²) in [5, 5.41) is 0. The number of nitrogens with zero attached hydrogens (tertiary/aromatic N) is 1. The molecule has 16 heavy (non-hydrogen) atoms. The van der Waals surface area contributed by atoms with Crippen molar-refractivity contribution in [2.24, 2.45) is 0 Å². The second-order valence-corrected chi connectivity index (χ2v) is 5.01. The summed E-state index contributed by atoms with van der Waals surface area (Å²) < 4.78 is 14.0. The highest BCUT2D eigenvalue weighted by Crippen LogP contribution is 2.20. The van der Waals surface area contributed by atoms with Crippen molar-refractivity contribution in [1.29, 1.82) is 0 Å². The van der Waals surface area contributed by atoms with E-state index < -0.39 is 6.17 Å². The lowest BCUT2D eigenvalue weighted by Gasteiger charge is -2.16. The molecule has 2 nitrogen and oxygen atoms in total. The number of likely N-dealkylation sites (tertiary alicyclic amines) is 1. The van der Waals surface area contributed by atoms with Gasteiger partial charge in [-0.3, -0.25) is 4.79 Å². The Morgan fingerprint density at radius 3 is 2.88 bits per heavy atom. The minimum Gasteiger partial charge on any atom is -0.336 e. The maximum atomic E-state index is 13.0. The van der Waals surface area contributed by atoms with E-state index >= 15 is 0 Å². The van der Waals surface area contributed by atoms with Crippen molar-refractivity contribution in [2.75, 3.05) is 13.1 Å². The van der Waals surface area contributed by atoms with Crippen LogP contribution in [0.4, 0.5) is 4.39 Å². The highest BCUT2D eigenvalue weighted by Gasteiger charge is 2.27. The summed E-state index contributed by atoms with van der Waals surface area (Å²) >= 11 is 3.35. The van der Waals surface area contributed by atoms with Crippen LogP contribution in [0.1, 0.15) is 22.3 Å². The Balaban J connectivity index is 2.21. The third-order valence-corrected chi connectivity index (χ3v) is 3.33. The zero-order valence-electron chi connectivity index (χ0n) is 9.04. The fraction of sp³-hybridized carbons (Fsp3) is 0.417. The lowest BCUT2D eigenvalue weighted by Crippen LogP contribution is -2.29. The number of halogens is 2. The second-order valence-electron chi connectivity index (χ2n) is 4.10. The molecule has 0 aliphatic carbocycles. The Morgan fingerprint density at radius 1 is 1.56 bits per heavy atom. The van der Waals surface area contributed by atoms with E-state index in [0.717, 1.165) is 10.0 Å². The first-order valence-electron chi connectivity index (χ1n) is 5.27. The van der Waals surface area contributed by atoms with Crippen LogP contribution in [-0.2, 0) is 0 Å². The van der Waals surface area contributed by atoms with Crippen molar-refractivity contribution < 1.29 is 9.18 Å². The molecular weight excluding hydrogens is 273 g/mol. The number of hydrogen-bond donors (Lipinski definition) is 0. The van der Waals surface area contributed by atoms with Gasteiger partial charge < -0.3 is 4.90 Å². The maximum absolute atomic E-state index is 13.0. The first-order valence-corrected chi connectivity index (χ1v) is 6.06. The smallest absolute Gasteiger partial charge is 0.254 e. The normalized spacial score (nSPS) is 20.2. The van der Waals surface area contributed by atoms with E-state index in [9.17, 15) is 9.18 Å². The van der Waals surface area contributed by atoms with E-state index in [-0.39, 0.29) is 12.5 Å². The van der Waals surface area contributed by atoms with E-state index in [1.54, 1.807) is 11.0 Å². The zero-order chi connectivity index (χ0) is 11.7. The molecule has 0 spiro atoms. The summed E-state index contributed by atoms with van der Waals surface area (Å²) in [6.07, 6.45) is -0.402. The Labute approximate surface area is 103 Å². The maximum Gasteiger partial charge on any atom is 0.254 e. The van der Waals surface area contributed by atoms with Gasteiger partial charge in [0, 0.05) is 16.6 Å². The van der Waals surface area contributed by atoms with Gasteiger partial charge in [-0.15, -0.1) is 0 Å². The van der Waals surface area contributed by atoms with Gasteiger partial charge in [-0.25, -0.2) is 4.39 Å². The standard InChI is InChI=1S/C12H13BrFNO/c1-8-6-9(13)2-3-11(8)12(16)15-5-4-10(14)7-15/h2-3,6,10H,4-5,7H2,1H3. The van der Waals surface area contributed by atoms with Crippen molar-refractivity contribution in [2.45, 2.75) is 19.5 Å². The molecule has 1 unspecified atom stereocenters. The number of aryl methyl sites for hydroxylation is 1. The van der Waals surface area contributed by atoms with Gasteiger partial charge in [-0.05, 0) is 37.1 Å². The molecule has 1 heterocycles. The van der Waals surface area contributed by atoms with E-state index in [0.29, 0.717) is 18.5 Å². The lowest BCUT2D eigenvalue weighted by molar-refractivity contribution is 0.0782. The van der Waals surface area contributed by atoms with Gasteiger partial charge in [0.2, 0.25) is 0 Å². The Hall–Kier alpha value is -0.900. The summed E-state index contributed by atoms with van der Waals surface area (Å²) in [5.41, 5.74) is 1.58. The van der Waals surface area contributed by atoms with Crippen molar-refractivity contribution in [1.82, 2.24) is 4.90 Å². The van der Waals surface area contributed by atoms with Crippen molar-refractivity contribution in [3.63, 3.8) is 0 Å². The van der Waals surface area contributed by atoms with Crippen LogP contribution in [0.15, 0.2) is 22.7 Å². The number of hydrogen-bond acceptors (Lipinski definition) is 1. The third kappa shape index (κ3) is 2.26. The molecule has 2 rings (SSSR count). The molecule has 0 N–H and O–H groups in total. The van der Waals surface area contributed by atoms with Gasteiger partial charge in [-0.1, -0.05) is 15.9 Å². The molecule has 1 aliphatic rings. The van der Waals surface area contributed by atoms with Crippen LogP contribution in [0.2, 0.25) is 0 Å². The summed E-state index contributed by atoms with van der Waals surface area (Å²) in [6.45, 7) is 2.64. The van der Waals surface area contributed by atoms with Crippen molar-refractivity contribution in [3.8, 4) is 0 Å². The van der Waals surface area contributed by atoms with Crippen LogP contribution in [-0.4, -0.2) is 30.1 Å². The lowest BCUT2D eigenvalue weighted by atomic mass is 10.1. The van der Waals surface area contributed by atoms with Crippen molar-refractivity contribution in [3.05, 3.63) is 33.8 Å². The van der Waals surface area contributed by atoms with E-state index in [4.69, 9.17) is 0 Å². The summed E-state index contributed by atoms with van der Waals surface area (Å²) in [7, 11) is 0. The predicted octanol–water partition coefficient (Wildman–Crippen LogP) is 2.94. The van der Waals surface area contributed by atoms with Gasteiger partial charge in [0.1, 0.15) is 6.17 Å². The molecule has 1 saturated heterocycles. The average molecular weight is 286 g/mol. The van der Waals surface area contributed by atoms with Crippen LogP contribution < -0.4 is 0 Å². The van der Waals surface area contributed by atoms with Gasteiger partial charge in [-0.2, -0.15) is 0 Å². The summed E-state index contributed by atoms with van der Waals surface area (Å²) in [5.74, 6) is -0.0647. The summed E-state index contributed by atoms with van der Waals surface area (Å²) in [6, 6.07) is 5.52. The van der Waals surface area contributed by atoms with Gasteiger partial charge in [0.05, 0.1) is 6.54 Å². The molecule has 1 fully saturated rings. The van der Waals surface area contributed by atoms with E-state index in [1.165, 1.54) is 0 Å². The number of rotatable bonds is 1. The van der Waals surface area contributed by atoms with Gasteiger partial charge >= 0.3 is 0 Å². The quantitative estimate of drug-likeness (QED) is 0.777. The second kappa shape index (κ2) is 4.53. The molecular formula is C12H13BrFNO. The fourth-order valence-electron chi connectivity index (χ4n) is 1.94. The molecule has 0 bridgehead atoms. The Bertz CT molecular complexity index is 421. The van der Waals surface area contributed by atoms with Crippen LogP contribution in [0.5, 0.6) is 0 Å². The largest absolute Gasteiger partial charge is 0.336 e. The highest BCUT2D eigenvalue weighted by atomic mass is 79.9. The molecule has 1 aliphatic heterocycles. The molecule has 0 saturated carbocycles. The molecule has 1 atom stereocenters. The topological polar surface area (TPSA) is 20.3 Å². The van der Waals surface area contributed by atoms with E-state index in [2.05, 4.69) is 15.9 Å².